The van der Waals surface area contributed by atoms with Crippen LogP contribution in [0.2, 0.25) is 0 Å². The molecule has 1 fully saturated rings. The molecule has 2 atom stereocenters. The number of aryl methyl sites for hydroxylation is 1. The number of rotatable bonds is 6. The van der Waals surface area contributed by atoms with E-state index in [0.717, 1.165) is 43.9 Å². The zero-order valence-corrected chi connectivity index (χ0v) is 13.5. The number of hydrogen-bond donors (Lipinski definition) is 2. The van der Waals surface area contributed by atoms with E-state index in [4.69, 9.17) is 4.52 Å². The lowest BCUT2D eigenvalue weighted by molar-refractivity contribution is 0.142. The Hall–Kier alpha value is -1.76. The number of aliphatic hydroxyl groups excluding tert-OH is 1. The zero-order chi connectivity index (χ0) is 16.1. The molecule has 0 bridgehead atoms. The maximum Gasteiger partial charge on any atom is 0.223 e. The van der Waals surface area contributed by atoms with Crippen LogP contribution in [0.15, 0.2) is 34.9 Å². The number of aromatic nitrogens is 2. The van der Waals surface area contributed by atoms with Crippen molar-refractivity contribution in [3.8, 4) is 0 Å². The fourth-order valence-electron chi connectivity index (χ4n) is 3.04. The highest BCUT2D eigenvalue weighted by Crippen LogP contribution is 2.15. The highest BCUT2D eigenvalue weighted by Gasteiger charge is 2.21. The van der Waals surface area contributed by atoms with E-state index in [1.165, 1.54) is 0 Å². The van der Waals surface area contributed by atoms with E-state index >= 15 is 0 Å². The van der Waals surface area contributed by atoms with Crippen LogP contribution < -0.4 is 5.32 Å². The number of benzene rings is 1. The van der Waals surface area contributed by atoms with Crippen molar-refractivity contribution in [2.24, 2.45) is 0 Å². The Bertz CT molecular complexity index is 602. The van der Waals surface area contributed by atoms with Crippen LogP contribution in [0.4, 0.5) is 0 Å². The number of piperidine rings is 1. The van der Waals surface area contributed by atoms with Crippen LogP contribution in [-0.4, -0.2) is 45.8 Å². The van der Waals surface area contributed by atoms with Gasteiger partial charge in [-0.25, -0.2) is 0 Å². The summed E-state index contributed by atoms with van der Waals surface area (Å²) in [6.45, 7) is 5.09. The predicted molar refractivity (Wildman–Crippen MR) is 86.7 cm³/mol. The summed E-state index contributed by atoms with van der Waals surface area (Å²) in [5, 5.41) is 17.7. The van der Waals surface area contributed by atoms with Crippen LogP contribution in [0.3, 0.4) is 0 Å². The topological polar surface area (TPSA) is 74.4 Å². The lowest BCUT2D eigenvalue weighted by Crippen LogP contribution is -2.46. The van der Waals surface area contributed by atoms with Crippen LogP contribution in [0.5, 0.6) is 0 Å². The van der Waals surface area contributed by atoms with Crippen LogP contribution in [0.25, 0.3) is 0 Å². The van der Waals surface area contributed by atoms with Gasteiger partial charge in [-0.15, -0.1) is 0 Å². The minimum Gasteiger partial charge on any atom is -0.387 e. The van der Waals surface area contributed by atoms with Crippen molar-refractivity contribution in [2.75, 3.05) is 19.6 Å². The van der Waals surface area contributed by atoms with Gasteiger partial charge in [0.15, 0.2) is 5.82 Å². The van der Waals surface area contributed by atoms with Crippen molar-refractivity contribution >= 4 is 0 Å². The van der Waals surface area contributed by atoms with Gasteiger partial charge in [0, 0.05) is 26.1 Å². The second-order valence-electron chi connectivity index (χ2n) is 6.14. The Balaban J connectivity index is 1.47. The Morgan fingerprint density at radius 2 is 2.22 bits per heavy atom. The van der Waals surface area contributed by atoms with E-state index in [2.05, 4.69) is 20.4 Å². The molecular weight excluding hydrogens is 292 g/mol. The van der Waals surface area contributed by atoms with Gasteiger partial charge < -0.3 is 14.9 Å². The Morgan fingerprint density at radius 1 is 1.39 bits per heavy atom. The van der Waals surface area contributed by atoms with E-state index < -0.39 is 6.10 Å². The first-order valence-corrected chi connectivity index (χ1v) is 8.18. The van der Waals surface area contributed by atoms with E-state index in [1.54, 1.807) is 0 Å². The molecule has 2 N–H and O–H groups in total. The Labute approximate surface area is 136 Å². The molecule has 2 heterocycles. The van der Waals surface area contributed by atoms with Crippen molar-refractivity contribution in [3.05, 3.63) is 47.6 Å². The molecular formula is C17H24N4O2. The van der Waals surface area contributed by atoms with Crippen LogP contribution >= 0.6 is 0 Å². The first kappa shape index (κ1) is 16.1. The molecule has 6 nitrogen and oxygen atoms in total. The van der Waals surface area contributed by atoms with Gasteiger partial charge in [-0.1, -0.05) is 35.5 Å². The number of aliphatic hydroxyl groups is 1. The molecule has 2 aromatic rings. The molecule has 2 unspecified atom stereocenters. The van der Waals surface area contributed by atoms with Crippen molar-refractivity contribution in [1.29, 1.82) is 0 Å². The van der Waals surface area contributed by atoms with Crippen LogP contribution in [0, 0.1) is 6.92 Å². The number of likely N-dealkylation sites (tertiary alicyclic amines) is 1. The minimum atomic E-state index is -0.466. The summed E-state index contributed by atoms with van der Waals surface area (Å²) < 4.78 is 5.02. The standard InChI is InChI=1S/C17H24N4O2/c1-13-19-17(20-23-13)12-21-9-5-8-15(11-21)18-10-16(22)14-6-3-2-4-7-14/h2-4,6-7,15-16,18,22H,5,8-12H2,1H3. The first-order chi connectivity index (χ1) is 11.2. The molecule has 1 aromatic carbocycles. The maximum atomic E-state index is 10.2. The van der Waals surface area contributed by atoms with Gasteiger partial charge in [-0.2, -0.15) is 4.98 Å². The molecule has 6 heteroatoms. The molecule has 3 rings (SSSR count). The third-order valence-electron chi connectivity index (χ3n) is 4.22. The minimum absolute atomic E-state index is 0.384. The molecule has 1 aromatic heterocycles. The van der Waals surface area contributed by atoms with Gasteiger partial charge in [-0.05, 0) is 24.9 Å². The molecule has 0 aliphatic carbocycles. The number of hydrogen-bond acceptors (Lipinski definition) is 6. The van der Waals surface area contributed by atoms with Crippen molar-refractivity contribution in [2.45, 2.75) is 38.5 Å². The summed E-state index contributed by atoms with van der Waals surface area (Å²) in [5.41, 5.74) is 0.954. The predicted octanol–water partition coefficient (Wildman–Crippen LogP) is 1.67. The summed E-state index contributed by atoms with van der Waals surface area (Å²) in [6.07, 6.45) is 1.80. The summed E-state index contributed by atoms with van der Waals surface area (Å²) >= 11 is 0. The van der Waals surface area contributed by atoms with E-state index in [1.807, 2.05) is 37.3 Å². The Morgan fingerprint density at radius 3 is 2.96 bits per heavy atom. The lowest BCUT2D eigenvalue weighted by Gasteiger charge is -2.33. The fourth-order valence-corrected chi connectivity index (χ4v) is 3.04. The second kappa shape index (κ2) is 7.68. The van der Waals surface area contributed by atoms with Gasteiger partial charge in [-0.3, -0.25) is 4.90 Å². The molecule has 1 aliphatic rings. The Kier molecular flexibility index (Phi) is 5.38. The second-order valence-corrected chi connectivity index (χ2v) is 6.14. The molecule has 0 radical (unpaired) electrons. The van der Waals surface area contributed by atoms with E-state index in [-0.39, 0.29) is 0 Å². The monoisotopic (exact) mass is 316 g/mol. The molecule has 0 amide bonds. The van der Waals surface area contributed by atoms with Crippen molar-refractivity contribution in [3.63, 3.8) is 0 Å². The van der Waals surface area contributed by atoms with Gasteiger partial charge in [0.2, 0.25) is 5.89 Å². The van der Waals surface area contributed by atoms with Crippen molar-refractivity contribution < 1.29 is 9.63 Å². The van der Waals surface area contributed by atoms with E-state index in [9.17, 15) is 5.11 Å². The summed E-state index contributed by atoms with van der Waals surface area (Å²) in [6, 6.07) is 10.2. The number of nitrogens with one attached hydrogen (secondary N) is 1. The average molecular weight is 316 g/mol. The third kappa shape index (κ3) is 4.60. The van der Waals surface area contributed by atoms with Gasteiger partial charge in [0.05, 0.1) is 12.6 Å². The third-order valence-corrected chi connectivity index (χ3v) is 4.22. The first-order valence-electron chi connectivity index (χ1n) is 8.18. The van der Waals surface area contributed by atoms with Crippen LogP contribution in [-0.2, 0) is 6.54 Å². The highest BCUT2D eigenvalue weighted by molar-refractivity contribution is 5.17. The summed E-state index contributed by atoms with van der Waals surface area (Å²) in [7, 11) is 0. The molecule has 1 aliphatic heterocycles. The smallest absolute Gasteiger partial charge is 0.223 e. The van der Waals surface area contributed by atoms with Crippen molar-refractivity contribution in [1.82, 2.24) is 20.4 Å². The average Bonchev–Trinajstić information content (AvgIpc) is 2.99. The van der Waals surface area contributed by atoms with Gasteiger partial charge >= 0.3 is 0 Å². The largest absolute Gasteiger partial charge is 0.387 e. The lowest BCUT2D eigenvalue weighted by atomic mass is 10.0. The SMILES string of the molecule is Cc1nc(CN2CCCC(NCC(O)c3ccccc3)C2)no1. The normalized spacial score (nSPS) is 20.5. The van der Waals surface area contributed by atoms with Gasteiger partial charge in [0.1, 0.15) is 0 Å². The van der Waals surface area contributed by atoms with E-state index in [0.29, 0.717) is 18.5 Å². The molecule has 124 valence electrons. The fraction of sp³-hybridized carbons (Fsp3) is 0.529. The summed E-state index contributed by atoms with van der Waals surface area (Å²) in [5.74, 6) is 1.35. The zero-order valence-electron chi connectivity index (χ0n) is 13.5. The quantitative estimate of drug-likeness (QED) is 0.844. The molecule has 23 heavy (non-hydrogen) atoms. The highest BCUT2D eigenvalue weighted by atomic mass is 16.5. The number of nitrogens with zero attached hydrogens (tertiary/aromatic N) is 3. The molecule has 0 saturated carbocycles. The maximum absolute atomic E-state index is 10.2. The van der Waals surface area contributed by atoms with Gasteiger partial charge in [0.25, 0.3) is 0 Å². The molecule has 0 spiro atoms. The summed E-state index contributed by atoms with van der Waals surface area (Å²) in [4.78, 5) is 6.60. The molecule has 1 saturated heterocycles. The van der Waals surface area contributed by atoms with Crippen LogP contribution in [0.1, 0.15) is 36.2 Å².